The highest BCUT2D eigenvalue weighted by molar-refractivity contribution is 6.30. The predicted octanol–water partition coefficient (Wildman–Crippen LogP) is 3.78. The Morgan fingerprint density at radius 3 is 2.23 bits per heavy atom. The summed E-state index contributed by atoms with van der Waals surface area (Å²) in [5, 5.41) is 19.9. The van der Waals surface area contributed by atoms with Crippen LogP contribution in [0.15, 0.2) is 48.5 Å². The van der Waals surface area contributed by atoms with Crippen molar-refractivity contribution in [2.45, 2.75) is 33.0 Å². The number of aromatic nitrogens is 2. The summed E-state index contributed by atoms with van der Waals surface area (Å²) in [7, 11) is 0. The van der Waals surface area contributed by atoms with Crippen LogP contribution in [0, 0.1) is 5.41 Å². The van der Waals surface area contributed by atoms with Gasteiger partial charge < -0.3 is 23.9 Å². The van der Waals surface area contributed by atoms with Gasteiger partial charge in [-0.1, -0.05) is 37.6 Å². The molecule has 2 N–H and O–H groups in total. The molecule has 8 heteroatoms. The molecule has 0 aliphatic heterocycles. The van der Waals surface area contributed by atoms with Crippen LogP contribution in [-0.2, 0) is 13.1 Å². The number of likely N-dealkylation sites (N-methyl/N-ethyl adjacent to an activating group) is 1. The fourth-order valence-electron chi connectivity index (χ4n) is 3.47. The van der Waals surface area contributed by atoms with Crippen LogP contribution in [0.2, 0.25) is 5.02 Å². The monoisotopic (exact) mass is 452 g/mol. The van der Waals surface area contributed by atoms with Crippen LogP contribution >= 0.6 is 24.0 Å². The van der Waals surface area contributed by atoms with Crippen molar-refractivity contribution < 1.29 is 9.84 Å². The fraction of sp³-hybridized carbons (Fsp3) is 0.409. The molecule has 1 atom stereocenters. The number of hydrogen-bond donors (Lipinski definition) is 2. The quantitative estimate of drug-likeness (QED) is 0.491. The normalized spacial score (nSPS) is 12.2. The van der Waals surface area contributed by atoms with Gasteiger partial charge in [0.05, 0.1) is 17.6 Å². The van der Waals surface area contributed by atoms with Crippen LogP contribution in [0.3, 0.4) is 0 Å². The first-order chi connectivity index (χ1) is 14.0. The summed E-state index contributed by atoms with van der Waals surface area (Å²) in [5.41, 5.74) is 2.35. The molecule has 164 valence electrons. The molecule has 1 unspecified atom stereocenters. The number of imidazole rings is 1. The average molecular weight is 453 g/mol. The molecule has 0 spiro atoms. The van der Waals surface area contributed by atoms with Gasteiger partial charge in [-0.3, -0.25) is 5.41 Å². The van der Waals surface area contributed by atoms with E-state index in [1.54, 1.807) is 24.3 Å². The van der Waals surface area contributed by atoms with E-state index in [2.05, 4.69) is 18.7 Å². The van der Waals surface area contributed by atoms with E-state index >= 15 is 0 Å². The van der Waals surface area contributed by atoms with Crippen molar-refractivity contribution in [3.63, 3.8) is 0 Å². The molecule has 0 aliphatic carbocycles. The zero-order chi connectivity index (χ0) is 20.8. The Kier molecular flexibility index (Phi) is 9.24. The maximum Gasteiger partial charge on any atom is 0.203 e. The van der Waals surface area contributed by atoms with Gasteiger partial charge in [0.1, 0.15) is 18.5 Å². The van der Waals surface area contributed by atoms with Gasteiger partial charge in [0, 0.05) is 18.1 Å². The van der Waals surface area contributed by atoms with Crippen LogP contribution in [0.4, 0.5) is 0 Å². The Hall–Kier alpha value is -1.99. The third kappa shape index (κ3) is 5.79. The van der Waals surface area contributed by atoms with Gasteiger partial charge in [-0.25, -0.2) is 0 Å². The lowest BCUT2D eigenvalue weighted by atomic mass is 10.3. The standard InChI is InChI=1S/C22H29ClN4O2.ClH/c1-3-25(4-2)13-14-26-20-7-5-6-8-21(20)27(22(26)24)15-18(28)16-29-19-11-9-17(23)10-12-19;/h5-12,18,24,28H,3-4,13-16H2,1-2H3;1H. The van der Waals surface area contributed by atoms with Crippen LogP contribution in [0.25, 0.3) is 11.0 Å². The first kappa shape index (κ1) is 24.3. The lowest BCUT2D eigenvalue weighted by Gasteiger charge is -2.18. The molecule has 3 aromatic rings. The van der Waals surface area contributed by atoms with Crippen LogP contribution in [0.5, 0.6) is 5.75 Å². The number of nitrogens with zero attached hydrogens (tertiary/aromatic N) is 3. The Balaban J connectivity index is 0.00000320. The second-order valence-electron chi connectivity index (χ2n) is 7.02. The molecule has 0 amide bonds. The van der Waals surface area contributed by atoms with Gasteiger partial charge in [-0.15, -0.1) is 12.4 Å². The Labute approximate surface area is 188 Å². The van der Waals surface area contributed by atoms with Gasteiger partial charge in [0.15, 0.2) is 0 Å². The van der Waals surface area contributed by atoms with Gasteiger partial charge in [-0.2, -0.15) is 0 Å². The van der Waals surface area contributed by atoms with Gasteiger partial charge >= 0.3 is 0 Å². The number of nitrogens with one attached hydrogen (secondary N) is 1. The maximum atomic E-state index is 10.5. The number of benzene rings is 2. The van der Waals surface area contributed by atoms with Crippen molar-refractivity contribution in [2.24, 2.45) is 0 Å². The van der Waals surface area contributed by atoms with Gasteiger partial charge in [0.25, 0.3) is 0 Å². The zero-order valence-electron chi connectivity index (χ0n) is 17.4. The summed E-state index contributed by atoms with van der Waals surface area (Å²) in [6, 6.07) is 15.0. The minimum atomic E-state index is -0.734. The van der Waals surface area contributed by atoms with Crippen LogP contribution < -0.4 is 10.4 Å². The number of aliphatic hydroxyl groups excluding tert-OH is 1. The highest BCUT2D eigenvalue weighted by Gasteiger charge is 2.15. The lowest BCUT2D eigenvalue weighted by Crippen LogP contribution is -2.34. The van der Waals surface area contributed by atoms with Crippen molar-refractivity contribution in [1.29, 1.82) is 5.41 Å². The van der Waals surface area contributed by atoms with Crippen molar-refractivity contribution in [2.75, 3.05) is 26.2 Å². The van der Waals surface area contributed by atoms with Gasteiger partial charge in [0.2, 0.25) is 5.62 Å². The van der Waals surface area contributed by atoms with Gasteiger partial charge in [-0.05, 0) is 49.5 Å². The SMILES string of the molecule is CCN(CC)CCn1c(=N)n(CC(O)COc2ccc(Cl)cc2)c2ccccc21.Cl. The first-order valence-electron chi connectivity index (χ1n) is 10.0. The molecule has 0 saturated heterocycles. The van der Waals surface area contributed by atoms with Crippen molar-refractivity contribution >= 4 is 35.0 Å². The molecular weight excluding hydrogens is 423 g/mol. The predicted molar refractivity (Wildman–Crippen MR) is 124 cm³/mol. The fourth-order valence-corrected chi connectivity index (χ4v) is 3.60. The summed E-state index contributed by atoms with van der Waals surface area (Å²) >= 11 is 5.89. The number of hydrogen-bond acceptors (Lipinski definition) is 4. The molecule has 30 heavy (non-hydrogen) atoms. The van der Waals surface area contributed by atoms with E-state index in [-0.39, 0.29) is 19.0 Å². The number of fused-ring (bicyclic) bond motifs is 1. The van der Waals surface area contributed by atoms with E-state index in [0.717, 1.165) is 37.2 Å². The number of rotatable bonds is 10. The Morgan fingerprint density at radius 1 is 1.03 bits per heavy atom. The second-order valence-corrected chi connectivity index (χ2v) is 7.46. The van der Waals surface area contributed by atoms with E-state index < -0.39 is 6.10 Å². The summed E-state index contributed by atoms with van der Waals surface area (Å²) in [4.78, 5) is 2.34. The third-order valence-electron chi connectivity index (χ3n) is 5.16. The van der Waals surface area contributed by atoms with Crippen molar-refractivity contribution in [1.82, 2.24) is 14.0 Å². The zero-order valence-corrected chi connectivity index (χ0v) is 19.0. The molecule has 1 heterocycles. The van der Waals surface area contributed by atoms with Crippen LogP contribution in [0.1, 0.15) is 13.8 Å². The lowest BCUT2D eigenvalue weighted by molar-refractivity contribution is 0.0920. The number of para-hydroxylation sites is 2. The summed E-state index contributed by atoms with van der Waals surface area (Å²) in [5.74, 6) is 0.659. The molecule has 0 bridgehead atoms. The number of halogens is 2. The first-order valence-corrected chi connectivity index (χ1v) is 10.4. The van der Waals surface area contributed by atoms with E-state index in [9.17, 15) is 5.11 Å². The van der Waals surface area contributed by atoms with Crippen LogP contribution in [-0.4, -0.2) is 51.5 Å². The van der Waals surface area contributed by atoms with E-state index in [4.69, 9.17) is 21.7 Å². The molecule has 0 radical (unpaired) electrons. The highest BCUT2D eigenvalue weighted by atomic mass is 35.5. The van der Waals surface area contributed by atoms with Crippen molar-refractivity contribution in [3.05, 3.63) is 59.2 Å². The smallest absolute Gasteiger partial charge is 0.203 e. The average Bonchev–Trinajstić information content (AvgIpc) is 3.00. The molecule has 0 aliphatic rings. The van der Waals surface area contributed by atoms with E-state index in [0.29, 0.717) is 22.9 Å². The summed E-state index contributed by atoms with van der Waals surface area (Å²) in [6.45, 7) is 8.35. The van der Waals surface area contributed by atoms with E-state index in [1.807, 2.05) is 33.4 Å². The largest absolute Gasteiger partial charge is 0.491 e. The number of ether oxygens (including phenoxy) is 1. The molecule has 2 aromatic carbocycles. The number of aliphatic hydroxyl groups is 1. The summed E-state index contributed by atoms with van der Waals surface area (Å²) in [6.07, 6.45) is -0.734. The highest BCUT2D eigenvalue weighted by Crippen LogP contribution is 2.17. The topological polar surface area (TPSA) is 66.4 Å². The minimum absolute atomic E-state index is 0. The molecule has 6 nitrogen and oxygen atoms in total. The van der Waals surface area contributed by atoms with E-state index in [1.165, 1.54) is 0 Å². The third-order valence-corrected chi connectivity index (χ3v) is 5.41. The Bertz CT molecular complexity index is 981. The molecular formula is C22H30Cl2N4O2. The molecule has 1 aromatic heterocycles. The van der Waals surface area contributed by atoms with Crippen molar-refractivity contribution in [3.8, 4) is 5.75 Å². The molecule has 0 fully saturated rings. The molecule has 3 rings (SSSR count). The second kappa shape index (κ2) is 11.4. The maximum absolute atomic E-state index is 10.5. The summed E-state index contributed by atoms with van der Waals surface area (Å²) < 4.78 is 9.53. The molecule has 0 saturated carbocycles. The Morgan fingerprint density at radius 2 is 1.63 bits per heavy atom. The minimum Gasteiger partial charge on any atom is -0.491 e.